The Morgan fingerprint density at radius 3 is 2.30 bits per heavy atom. The molecule has 3 aromatic rings. The van der Waals surface area contributed by atoms with E-state index in [1.54, 1.807) is 17.8 Å². The Labute approximate surface area is 337 Å². The van der Waals surface area contributed by atoms with Crippen LogP contribution in [0.4, 0.5) is 4.39 Å². The van der Waals surface area contributed by atoms with Gasteiger partial charge in [-0.15, -0.1) is 0 Å². The molecule has 1 aliphatic rings. The highest BCUT2D eigenvalue weighted by Gasteiger charge is 2.21. The molecule has 1 fully saturated rings. The number of hydrogen-bond donors (Lipinski definition) is 2. The van der Waals surface area contributed by atoms with Crippen LogP contribution in [0.25, 0.3) is 10.5 Å². The van der Waals surface area contributed by atoms with Crippen LogP contribution in [0, 0.1) is 24.6 Å². The van der Waals surface area contributed by atoms with Crippen LogP contribution in [0.3, 0.4) is 0 Å². The highest BCUT2D eigenvalue weighted by molar-refractivity contribution is 8.08. The molecule has 0 bridgehead atoms. The molecule has 298 valence electrons. The molecule has 2 N–H and O–H groups in total. The largest absolute Gasteiger partial charge is 0.494 e. The van der Waals surface area contributed by atoms with Crippen LogP contribution in [0.5, 0.6) is 5.75 Å². The summed E-state index contributed by atoms with van der Waals surface area (Å²) in [6, 6.07) is 18.9. The van der Waals surface area contributed by atoms with Crippen molar-refractivity contribution < 1.29 is 28.3 Å². The number of nitrogens with one attached hydrogen (secondary N) is 2. The van der Waals surface area contributed by atoms with Crippen LogP contribution in [0.15, 0.2) is 102 Å². The average Bonchev–Trinajstić information content (AvgIpc) is 3.19. The van der Waals surface area contributed by atoms with Gasteiger partial charge in [-0.25, -0.2) is 4.39 Å². The lowest BCUT2D eigenvalue weighted by atomic mass is 9.95. The molecule has 1 heterocycles. The zero-order valence-electron chi connectivity index (χ0n) is 34.1. The van der Waals surface area contributed by atoms with Gasteiger partial charge in [0.25, 0.3) is 0 Å². The lowest BCUT2D eigenvalue weighted by Crippen LogP contribution is -2.39. The Hall–Kier alpha value is -5.02. The Kier molecular flexibility index (Phi) is 18.7. The van der Waals surface area contributed by atoms with Crippen molar-refractivity contribution in [2.24, 2.45) is 11.8 Å². The van der Waals surface area contributed by atoms with E-state index in [9.17, 15) is 23.6 Å². The van der Waals surface area contributed by atoms with Crippen molar-refractivity contribution in [3.63, 3.8) is 0 Å². The maximum absolute atomic E-state index is 13.9. The Balaban J connectivity index is 0.000000817. The maximum Gasteiger partial charge on any atom is 0.229 e. The van der Waals surface area contributed by atoms with Gasteiger partial charge >= 0.3 is 0 Å². The summed E-state index contributed by atoms with van der Waals surface area (Å²) in [6.07, 6.45) is 13.7. The minimum atomic E-state index is -0.232. The summed E-state index contributed by atoms with van der Waals surface area (Å²) in [5, 5.41) is 5.24. The summed E-state index contributed by atoms with van der Waals surface area (Å²) in [5.74, 6) is 0.233. The van der Waals surface area contributed by atoms with Gasteiger partial charge in [-0.05, 0) is 111 Å². The average molecular weight is 781 g/mol. The van der Waals surface area contributed by atoms with E-state index in [2.05, 4.69) is 47.9 Å². The van der Waals surface area contributed by atoms with Crippen LogP contribution < -0.4 is 15.4 Å². The fourth-order valence-electron chi connectivity index (χ4n) is 5.73. The van der Waals surface area contributed by atoms with Gasteiger partial charge in [0, 0.05) is 45.7 Å². The number of amides is 3. The second-order valence-electron chi connectivity index (χ2n) is 13.9. The van der Waals surface area contributed by atoms with Crippen molar-refractivity contribution in [3.05, 3.63) is 130 Å². The zero-order chi connectivity index (χ0) is 41.2. The molecule has 1 unspecified atom stereocenters. The normalized spacial score (nSPS) is 15.0. The van der Waals surface area contributed by atoms with Crippen molar-refractivity contribution in [1.29, 1.82) is 0 Å². The van der Waals surface area contributed by atoms with E-state index < -0.39 is 0 Å². The van der Waals surface area contributed by atoms with Gasteiger partial charge in [0.2, 0.25) is 17.7 Å². The lowest BCUT2D eigenvalue weighted by Gasteiger charge is -2.15. The first-order valence-corrected chi connectivity index (χ1v) is 20.3. The lowest BCUT2D eigenvalue weighted by molar-refractivity contribution is -0.135. The number of hydrogen-bond acceptors (Lipinski definition) is 6. The van der Waals surface area contributed by atoms with Crippen LogP contribution in [0.2, 0.25) is 0 Å². The molecule has 9 heteroatoms. The molecule has 0 saturated carbocycles. The molecule has 0 aromatic heterocycles. The molecular formula is C47H57FN2O5S. The third-order valence-corrected chi connectivity index (χ3v) is 10.5. The monoisotopic (exact) mass is 780 g/mol. The second kappa shape index (κ2) is 23.1. The number of rotatable bonds is 16. The van der Waals surface area contributed by atoms with E-state index in [-0.39, 0.29) is 41.2 Å². The summed E-state index contributed by atoms with van der Waals surface area (Å²) in [7, 11) is 0. The Bertz CT molecular complexity index is 1960. The molecule has 0 spiro atoms. The minimum absolute atomic E-state index is 0.0164. The van der Waals surface area contributed by atoms with Crippen LogP contribution in [-0.4, -0.2) is 30.1 Å². The van der Waals surface area contributed by atoms with Crippen molar-refractivity contribution >= 4 is 45.7 Å². The van der Waals surface area contributed by atoms with Crippen molar-refractivity contribution in [1.82, 2.24) is 10.6 Å². The topological polar surface area (TPSA) is 102 Å². The number of carbonyl (C=O) groups is 4. The van der Waals surface area contributed by atoms with Gasteiger partial charge in [-0.1, -0.05) is 101 Å². The van der Waals surface area contributed by atoms with Crippen LogP contribution in [0.1, 0.15) is 113 Å². The van der Waals surface area contributed by atoms with E-state index in [1.165, 1.54) is 6.07 Å². The molecule has 1 saturated heterocycles. The molecule has 7 nitrogen and oxygen atoms in total. The van der Waals surface area contributed by atoms with E-state index in [1.807, 2.05) is 97.0 Å². The number of thioether (sulfide) groups is 1. The molecule has 56 heavy (non-hydrogen) atoms. The third kappa shape index (κ3) is 14.2. The summed E-state index contributed by atoms with van der Waals surface area (Å²) >= 11 is 1.59. The quantitative estimate of drug-likeness (QED) is 0.0493. The summed E-state index contributed by atoms with van der Waals surface area (Å²) in [6.45, 7) is 16.1. The Morgan fingerprint density at radius 2 is 1.70 bits per heavy atom. The second-order valence-corrected chi connectivity index (χ2v) is 15.0. The highest BCUT2D eigenvalue weighted by atomic mass is 32.2. The van der Waals surface area contributed by atoms with E-state index in [4.69, 9.17) is 4.74 Å². The first kappa shape index (κ1) is 45.4. The molecule has 1 atom stereocenters. The number of Topliss-reactive ketones (excluding diaryl/α,β-unsaturated/α-hetero) is 1. The molecule has 3 aromatic carbocycles. The molecule has 0 radical (unpaired) electrons. The van der Waals surface area contributed by atoms with Gasteiger partial charge in [0.05, 0.1) is 6.61 Å². The summed E-state index contributed by atoms with van der Waals surface area (Å²) < 4.78 is 19.8. The molecule has 4 rings (SSSR count). The van der Waals surface area contributed by atoms with Gasteiger partial charge in [0.15, 0.2) is 5.78 Å². The van der Waals surface area contributed by atoms with E-state index >= 15 is 0 Å². The number of carbonyl (C=O) groups excluding carboxylic acids is 4. The fourth-order valence-corrected chi connectivity index (χ4v) is 6.88. The van der Waals surface area contributed by atoms with Crippen molar-refractivity contribution in [2.75, 3.05) is 6.61 Å². The molecule has 3 amide bonds. The number of halogens is 1. The number of imide groups is 1. The van der Waals surface area contributed by atoms with Gasteiger partial charge < -0.3 is 10.1 Å². The van der Waals surface area contributed by atoms with Crippen LogP contribution >= 0.6 is 11.8 Å². The van der Waals surface area contributed by atoms with Gasteiger partial charge in [0.1, 0.15) is 11.6 Å². The number of ether oxygens (including phenoxy) is 1. The fraction of sp³-hybridized carbons (Fsp3) is 0.362. The highest BCUT2D eigenvalue weighted by Crippen LogP contribution is 2.37. The zero-order valence-corrected chi connectivity index (χ0v) is 34.9. The number of benzene rings is 3. The van der Waals surface area contributed by atoms with Gasteiger partial charge in [-0.2, -0.15) is 0 Å². The number of piperidine rings is 1. The number of aryl methyl sites for hydroxylation is 2. The van der Waals surface area contributed by atoms with Crippen molar-refractivity contribution in [3.8, 4) is 5.75 Å². The third-order valence-electron chi connectivity index (χ3n) is 9.19. The number of allylic oxidation sites excluding steroid dienone is 6. The molecule has 0 aliphatic carbocycles. The predicted molar refractivity (Wildman–Crippen MR) is 228 cm³/mol. The SMILES string of the molecule is CC1CCC(=O)NC1=O.C\C=C(/C=C\C(=C/C)c1ccc(/C(=C\CC)Sc2cc(F)ccc2C)cc1)NC(=O)CCCOc1ccc(C(=O)C(C)C)c(CC)c1. The van der Waals surface area contributed by atoms with Crippen LogP contribution in [-0.2, 0) is 20.8 Å². The van der Waals surface area contributed by atoms with Gasteiger partial charge in [-0.3, -0.25) is 24.5 Å². The molecule has 1 aliphatic heterocycles. The van der Waals surface area contributed by atoms with E-state index in [0.717, 1.165) is 61.7 Å². The first-order chi connectivity index (χ1) is 26.8. The standard InChI is InChI=1S/C41H48FNO3S.C6H9NO2/c1-8-13-38(47-39-27-34(42)21-15-29(39)7)33-18-16-32(17-19-33)30(9-2)20-22-35(11-4)43-40(44)14-12-25-46-36-23-24-37(31(10-3)26-36)41(45)28(5)6;1-4-2-3-5(8)7-6(4)9/h9,11,13,15-24,26-28H,8,10,12,14,25H2,1-7H3,(H,43,44);4H,2-3H2,1H3,(H,7,8,9)/b22-20-,30-9+,35-11+,38-13+;. The molecular weight excluding hydrogens is 724 g/mol. The maximum atomic E-state index is 13.9. The van der Waals surface area contributed by atoms with Crippen molar-refractivity contribution in [2.45, 2.75) is 98.8 Å². The predicted octanol–water partition coefficient (Wildman–Crippen LogP) is 11.0. The minimum Gasteiger partial charge on any atom is -0.494 e. The summed E-state index contributed by atoms with van der Waals surface area (Å²) in [4.78, 5) is 48.3. The van der Waals surface area contributed by atoms with E-state index in [0.29, 0.717) is 38.0 Å². The number of ketones is 1. The first-order valence-electron chi connectivity index (χ1n) is 19.5. The summed E-state index contributed by atoms with van der Waals surface area (Å²) in [5.41, 5.74) is 6.67. The smallest absolute Gasteiger partial charge is 0.229 e. The Morgan fingerprint density at radius 1 is 0.982 bits per heavy atom.